The first-order chi connectivity index (χ1) is 17.2. The number of likely N-dealkylation sites (tertiary alicyclic amines) is 1. The Kier molecular flexibility index (Phi) is 8.12. The first kappa shape index (κ1) is 26.3. The third-order valence-corrected chi connectivity index (χ3v) is 6.63. The highest BCUT2D eigenvalue weighted by Gasteiger charge is 2.44. The molecule has 1 aromatic heterocycles. The molecule has 0 saturated carbocycles. The molecule has 0 spiro atoms. The number of halogens is 3. The van der Waals surface area contributed by atoms with Gasteiger partial charge in [-0.1, -0.05) is 13.8 Å². The van der Waals surface area contributed by atoms with Gasteiger partial charge in [-0.15, -0.1) is 0 Å². The molecule has 0 bridgehead atoms. The monoisotopic (exact) mass is 509 g/mol. The zero-order valence-electron chi connectivity index (χ0n) is 21.0. The number of hydrogen-bond donors (Lipinski definition) is 1. The summed E-state index contributed by atoms with van der Waals surface area (Å²) in [6.45, 7) is 8.49. The molecule has 2 aliphatic rings. The van der Waals surface area contributed by atoms with Crippen LogP contribution in [0.1, 0.15) is 56.8 Å². The predicted molar refractivity (Wildman–Crippen MR) is 131 cm³/mol. The maximum absolute atomic E-state index is 13.0. The zero-order valence-corrected chi connectivity index (χ0v) is 21.0. The minimum Gasteiger partial charge on any atom is -0.493 e. The number of pyridine rings is 1. The number of aromatic nitrogens is 1. The molecule has 36 heavy (non-hydrogen) atoms. The molecule has 198 valence electrons. The van der Waals surface area contributed by atoms with Crippen molar-refractivity contribution in [1.29, 1.82) is 0 Å². The van der Waals surface area contributed by atoms with Gasteiger partial charge in [0.1, 0.15) is 11.9 Å². The van der Waals surface area contributed by atoms with Gasteiger partial charge in [0, 0.05) is 35.7 Å². The van der Waals surface area contributed by atoms with Crippen LogP contribution in [0.15, 0.2) is 12.1 Å². The van der Waals surface area contributed by atoms with Crippen molar-refractivity contribution in [2.45, 2.75) is 58.2 Å². The number of alkyl halides is 3. The molecular weight excluding hydrogens is 475 g/mol. The number of esters is 1. The van der Waals surface area contributed by atoms with E-state index in [1.165, 1.54) is 20.0 Å². The van der Waals surface area contributed by atoms with E-state index in [9.17, 15) is 18.0 Å². The van der Waals surface area contributed by atoms with Crippen molar-refractivity contribution in [3.05, 3.63) is 23.3 Å². The van der Waals surface area contributed by atoms with Crippen LogP contribution in [0.25, 0.3) is 10.9 Å². The minimum atomic E-state index is -5.06. The number of rotatable bonds is 10. The van der Waals surface area contributed by atoms with E-state index >= 15 is 0 Å². The van der Waals surface area contributed by atoms with Crippen molar-refractivity contribution in [3.8, 4) is 11.5 Å². The number of nitrogens with one attached hydrogen (secondary N) is 1. The Morgan fingerprint density at radius 3 is 2.64 bits per heavy atom. The SMILES string of the molecule is COc1cc2c3c(c(NCC(C)C)nc2cc1OCCCN1CCCC1)CCC3OC(=O)C(F)(F)F. The molecule has 1 saturated heterocycles. The second-order valence-electron chi connectivity index (χ2n) is 9.83. The molecule has 4 rings (SSSR count). The van der Waals surface area contributed by atoms with Crippen molar-refractivity contribution in [2.24, 2.45) is 5.92 Å². The van der Waals surface area contributed by atoms with Crippen LogP contribution in [0, 0.1) is 5.92 Å². The second-order valence-corrected chi connectivity index (χ2v) is 9.83. The van der Waals surface area contributed by atoms with Crippen molar-refractivity contribution in [2.75, 3.05) is 45.2 Å². The average Bonchev–Trinajstić information content (AvgIpc) is 3.49. The lowest BCUT2D eigenvalue weighted by atomic mass is 10.0. The van der Waals surface area contributed by atoms with E-state index in [0.29, 0.717) is 59.3 Å². The topological polar surface area (TPSA) is 72.9 Å². The van der Waals surface area contributed by atoms with Crippen LogP contribution in [-0.4, -0.2) is 61.9 Å². The van der Waals surface area contributed by atoms with Crippen LogP contribution in [0.2, 0.25) is 0 Å². The summed E-state index contributed by atoms with van der Waals surface area (Å²) in [5, 5.41) is 3.92. The van der Waals surface area contributed by atoms with Crippen molar-refractivity contribution < 1.29 is 32.2 Å². The average molecular weight is 510 g/mol. The maximum Gasteiger partial charge on any atom is 0.490 e. The fourth-order valence-corrected chi connectivity index (χ4v) is 4.89. The first-order valence-corrected chi connectivity index (χ1v) is 12.6. The van der Waals surface area contributed by atoms with E-state index in [-0.39, 0.29) is 6.42 Å². The van der Waals surface area contributed by atoms with Gasteiger partial charge < -0.3 is 24.4 Å². The van der Waals surface area contributed by atoms with Crippen LogP contribution < -0.4 is 14.8 Å². The molecule has 7 nitrogen and oxygen atoms in total. The number of fused-ring (bicyclic) bond motifs is 3. The number of hydrogen-bond acceptors (Lipinski definition) is 7. The molecule has 1 aromatic carbocycles. The molecule has 1 aliphatic carbocycles. The molecule has 1 unspecified atom stereocenters. The van der Waals surface area contributed by atoms with Crippen LogP contribution >= 0.6 is 0 Å². The van der Waals surface area contributed by atoms with Gasteiger partial charge in [0.05, 0.1) is 19.2 Å². The summed E-state index contributed by atoms with van der Waals surface area (Å²) in [4.78, 5) is 18.9. The molecule has 2 heterocycles. The van der Waals surface area contributed by atoms with Gasteiger partial charge in [0.15, 0.2) is 11.5 Å². The number of benzene rings is 1. The highest BCUT2D eigenvalue weighted by Crippen LogP contribution is 2.45. The summed E-state index contributed by atoms with van der Waals surface area (Å²) in [7, 11) is 1.52. The molecule has 10 heteroatoms. The minimum absolute atomic E-state index is 0.255. The molecule has 1 atom stereocenters. The van der Waals surface area contributed by atoms with E-state index < -0.39 is 18.2 Å². The standard InChI is InChI=1S/C26H34F3N3O4/c1-16(2)15-30-24-17-7-8-20(36-25(33)26(27,28)29)23(17)18-13-21(34-3)22(14-19(18)31-24)35-12-6-11-32-9-4-5-10-32/h13-14,16,20H,4-12,15H2,1-3H3,(H,30,31). The third-order valence-electron chi connectivity index (χ3n) is 6.63. The number of carbonyl (C=O) groups excluding carboxylic acids is 1. The molecule has 1 aliphatic heterocycles. The Morgan fingerprint density at radius 1 is 1.22 bits per heavy atom. The van der Waals surface area contributed by atoms with Crippen LogP contribution in [-0.2, 0) is 16.0 Å². The molecular formula is C26H34F3N3O4. The molecule has 0 radical (unpaired) electrons. The van der Waals surface area contributed by atoms with E-state index in [1.54, 1.807) is 12.1 Å². The smallest absolute Gasteiger partial charge is 0.490 e. The lowest BCUT2D eigenvalue weighted by molar-refractivity contribution is -0.205. The van der Waals surface area contributed by atoms with E-state index in [1.807, 2.05) is 0 Å². The number of anilines is 1. The van der Waals surface area contributed by atoms with Gasteiger partial charge in [-0.05, 0) is 57.2 Å². The van der Waals surface area contributed by atoms with Crippen LogP contribution in [0.3, 0.4) is 0 Å². The fraction of sp³-hybridized carbons (Fsp3) is 0.615. The molecule has 1 N–H and O–H groups in total. The number of methoxy groups -OCH3 is 1. The predicted octanol–water partition coefficient (Wildman–Crippen LogP) is 5.27. The summed E-state index contributed by atoms with van der Waals surface area (Å²) in [6.07, 6.45) is -2.02. The zero-order chi connectivity index (χ0) is 25.9. The highest BCUT2D eigenvalue weighted by molar-refractivity contribution is 5.90. The van der Waals surface area contributed by atoms with Gasteiger partial charge >= 0.3 is 12.1 Å². The molecule has 0 amide bonds. The van der Waals surface area contributed by atoms with E-state index in [0.717, 1.165) is 31.6 Å². The number of carbonyl (C=O) groups is 1. The fourth-order valence-electron chi connectivity index (χ4n) is 4.89. The molecule has 2 aromatic rings. The number of nitrogens with zero attached hydrogens (tertiary/aromatic N) is 2. The van der Waals surface area contributed by atoms with Crippen molar-refractivity contribution in [1.82, 2.24) is 9.88 Å². The Labute approximate surface area is 209 Å². The highest BCUT2D eigenvalue weighted by atomic mass is 19.4. The Morgan fingerprint density at radius 2 is 1.97 bits per heavy atom. The summed E-state index contributed by atoms with van der Waals surface area (Å²) in [5.74, 6) is -0.267. The van der Waals surface area contributed by atoms with E-state index in [2.05, 4.69) is 24.1 Å². The summed E-state index contributed by atoms with van der Waals surface area (Å²) >= 11 is 0. The third kappa shape index (κ3) is 5.96. The van der Waals surface area contributed by atoms with Gasteiger partial charge in [0.2, 0.25) is 0 Å². The van der Waals surface area contributed by atoms with Gasteiger partial charge in [-0.3, -0.25) is 0 Å². The maximum atomic E-state index is 13.0. The Hall–Kier alpha value is -2.75. The van der Waals surface area contributed by atoms with Gasteiger partial charge in [-0.25, -0.2) is 9.78 Å². The summed E-state index contributed by atoms with van der Waals surface area (Å²) in [6, 6.07) is 3.48. The van der Waals surface area contributed by atoms with Gasteiger partial charge in [0.25, 0.3) is 0 Å². The second kappa shape index (κ2) is 11.1. The van der Waals surface area contributed by atoms with Crippen molar-refractivity contribution >= 4 is 22.7 Å². The Bertz CT molecular complexity index is 1080. The summed E-state index contributed by atoms with van der Waals surface area (Å²) < 4.78 is 55.4. The van der Waals surface area contributed by atoms with Crippen LogP contribution in [0.4, 0.5) is 19.0 Å². The van der Waals surface area contributed by atoms with Crippen molar-refractivity contribution in [3.63, 3.8) is 0 Å². The quantitative estimate of drug-likeness (QED) is 0.346. The first-order valence-electron chi connectivity index (χ1n) is 12.6. The molecule has 1 fully saturated rings. The normalized spacial score (nSPS) is 18.0. The van der Waals surface area contributed by atoms with Crippen LogP contribution in [0.5, 0.6) is 11.5 Å². The van der Waals surface area contributed by atoms with Gasteiger partial charge in [-0.2, -0.15) is 13.2 Å². The Balaban J connectivity index is 1.65. The van der Waals surface area contributed by atoms with E-state index in [4.69, 9.17) is 19.2 Å². The summed E-state index contributed by atoms with van der Waals surface area (Å²) in [5.41, 5.74) is 1.86. The largest absolute Gasteiger partial charge is 0.493 e. The lowest BCUT2D eigenvalue weighted by Gasteiger charge is -2.20. The number of ether oxygens (including phenoxy) is 3. The lowest BCUT2D eigenvalue weighted by Crippen LogP contribution is -2.26.